The average Bonchev–Trinajstić information content (AvgIpc) is 3.00. The highest BCUT2D eigenvalue weighted by Crippen LogP contribution is 2.27. The summed E-state index contributed by atoms with van der Waals surface area (Å²) in [5.74, 6) is -1.13. The van der Waals surface area contributed by atoms with Gasteiger partial charge in [0.05, 0.1) is 5.69 Å². The van der Waals surface area contributed by atoms with Gasteiger partial charge in [0.2, 0.25) is 0 Å². The van der Waals surface area contributed by atoms with Gasteiger partial charge in [-0.1, -0.05) is 36.4 Å². The topological polar surface area (TPSA) is 94.0 Å². The van der Waals surface area contributed by atoms with Crippen molar-refractivity contribution in [3.05, 3.63) is 59.8 Å². The van der Waals surface area contributed by atoms with Crippen LogP contribution >= 0.6 is 0 Å². The third kappa shape index (κ3) is 2.78. The lowest BCUT2D eigenvalue weighted by atomic mass is 10.1. The van der Waals surface area contributed by atoms with Gasteiger partial charge in [-0.15, -0.1) is 5.10 Å². The smallest absolute Gasteiger partial charge is 0.358 e. The SMILES string of the molecule is CCc1ccc(-n2nnc(C(=O)O)c2-c2cccc(N)c2)cc1. The van der Waals surface area contributed by atoms with E-state index in [0.29, 0.717) is 16.9 Å². The Morgan fingerprint density at radius 2 is 1.96 bits per heavy atom. The maximum absolute atomic E-state index is 11.5. The van der Waals surface area contributed by atoms with E-state index < -0.39 is 5.97 Å². The number of nitrogens with zero attached hydrogens (tertiary/aromatic N) is 3. The van der Waals surface area contributed by atoms with Crippen molar-refractivity contribution < 1.29 is 9.90 Å². The van der Waals surface area contributed by atoms with Crippen LogP contribution in [0, 0.1) is 0 Å². The summed E-state index contributed by atoms with van der Waals surface area (Å²) in [6.07, 6.45) is 0.931. The quantitative estimate of drug-likeness (QED) is 0.723. The van der Waals surface area contributed by atoms with Gasteiger partial charge in [-0.3, -0.25) is 0 Å². The molecule has 1 heterocycles. The van der Waals surface area contributed by atoms with E-state index in [2.05, 4.69) is 17.2 Å². The molecule has 0 unspecified atom stereocenters. The van der Waals surface area contributed by atoms with Crippen molar-refractivity contribution in [3.8, 4) is 16.9 Å². The first kappa shape index (κ1) is 14.8. The van der Waals surface area contributed by atoms with E-state index in [-0.39, 0.29) is 5.69 Å². The van der Waals surface area contributed by atoms with E-state index in [1.807, 2.05) is 24.3 Å². The van der Waals surface area contributed by atoms with Gasteiger partial charge in [-0.25, -0.2) is 9.48 Å². The zero-order chi connectivity index (χ0) is 16.4. The molecule has 0 aliphatic rings. The number of nitrogens with two attached hydrogens (primary N) is 1. The minimum atomic E-state index is -1.13. The van der Waals surface area contributed by atoms with E-state index in [0.717, 1.165) is 12.1 Å². The number of aromatic carboxylic acids is 1. The molecular weight excluding hydrogens is 292 g/mol. The highest BCUT2D eigenvalue weighted by atomic mass is 16.4. The molecule has 2 aromatic carbocycles. The molecule has 0 spiro atoms. The minimum Gasteiger partial charge on any atom is -0.476 e. The molecule has 6 nitrogen and oxygen atoms in total. The molecule has 116 valence electrons. The highest BCUT2D eigenvalue weighted by Gasteiger charge is 2.21. The van der Waals surface area contributed by atoms with Crippen LogP contribution in [-0.4, -0.2) is 26.1 Å². The molecule has 3 N–H and O–H groups in total. The van der Waals surface area contributed by atoms with E-state index in [4.69, 9.17) is 5.73 Å². The van der Waals surface area contributed by atoms with Crippen LogP contribution in [0.5, 0.6) is 0 Å². The minimum absolute atomic E-state index is 0.102. The van der Waals surface area contributed by atoms with Crippen LogP contribution in [0.3, 0.4) is 0 Å². The number of carboxylic acid groups (broad SMARTS) is 1. The van der Waals surface area contributed by atoms with Crippen LogP contribution in [-0.2, 0) is 6.42 Å². The fourth-order valence-electron chi connectivity index (χ4n) is 2.42. The predicted molar refractivity (Wildman–Crippen MR) is 87.5 cm³/mol. The number of aromatic nitrogens is 3. The van der Waals surface area contributed by atoms with E-state index >= 15 is 0 Å². The molecule has 0 bridgehead atoms. The Bertz CT molecular complexity index is 853. The Kier molecular flexibility index (Phi) is 3.80. The summed E-state index contributed by atoms with van der Waals surface area (Å²) in [6.45, 7) is 2.07. The van der Waals surface area contributed by atoms with Gasteiger partial charge < -0.3 is 10.8 Å². The molecule has 0 saturated carbocycles. The second-order valence-electron chi connectivity index (χ2n) is 5.15. The van der Waals surface area contributed by atoms with E-state index in [1.54, 1.807) is 24.3 Å². The normalized spacial score (nSPS) is 10.7. The number of hydrogen-bond acceptors (Lipinski definition) is 4. The Labute approximate surface area is 133 Å². The van der Waals surface area contributed by atoms with Crippen LogP contribution < -0.4 is 5.73 Å². The van der Waals surface area contributed by atoms with Crippen LogP contribution in [0.25, 0.3) is 16.9 Å². The monoisotopic (exact) mass is 308 g/mol. The summed E-state index contributed by atoms with van der Waals surface area (Å²) in [7, 11) is 0. The third-order valence-corrected chi connectivity index (χ3v) is 3.62. The number of aryl methyl sites for hydroxylation is 1. The lowest BCUT2D eigenvalue weighted by Crippen LogP contribution is -2.03. The number of benzene rings is 2. The number of nitrogen functional groups attached to an aromatic ring is 1. The first-order chi connectivity index (χ1) is 11.1. The molecule has 23 heavy (non-hydrogen) atoms. The van der Waals surface area contributed by atoms with Gasteiger partial charge >= 0.3 is 5.97 Å². The van der Waals surface area contributed by atoms with Crippen molar-refractivity contribution in [1.82, 2.24) is 15.0 Å². The molecule has 1 aromatic heterocycles. The zero-order valence-corrected chi connectivity index (χ0v) is 12.6. The maximum atomic E-state index is 11.5. The Morgan fingerprint density at radius 1 is 1.22 bits per heavy atom. The van der Waals surface area contributed by atoms with Crippen molar-refractivity contribution in [2.24, 2.45) is 0 Å². The summed E-state index contributed by atoms with van der Waals surface area (Å²) >= 11 is 0. The van der Waals surface area contributed by atoms with Gasteiger partial charge in [-0.05, 0) is 36.2 Å². The standard InChI is InChI=1S/C17H16N4O2/c1-2-11-6-8-14(9-7-11)21-16(15(17(22)23)19-20-21)12-4-3-5-13(18)10-12/h3-10H,2,18H2,1H3,(H,22,23). The van der Waals surface area contributed by atoms with Gasteiger partial charge in [0, 0.05) is 11.3 Å². The van der Waals surface area contributed by atoms with Crippen LogP contribution in [0.2, 0.25) is 0 Å². The Morgan fingerprint density at radius 3 is 2.57 bits per heavy atom. The molecule has 0 radical (unpaired) electrons. The predicted octanol–water partition coefficient (Wildman–Crippen LogP) is 2.78. The van der Waals surface area contributed by atoms with Crippen molar-refractivity contribution in [1.29, 1.82) is 0 Å². The van der Waals surface area contributed by atoms with Crippen molar-refractivity contribution >= 4 is 11.7 Å². The molecule has 0 saturated heterocycles. The highest BCUT2D eigenvalue weighted by molar-refractivity contribution is 5.93. The van der Waals surface area contributed by atoms with Crippen molar-refractivity contribution in [2.45, 2.75) is 13.3 Å². The lowest BCUT2D eigenvalue weighted by Gasteiger charge is -2.08. The molecular formula is C17H16N4O2. The summed E-state index contributed by atoms with van der Waals surface area (Å²) in [6, 6.07) is 14.8. The van der Waals surface area contributed by atoms with Crippen LogP contribution in [0.4, 0.5) is 5.69 Å². The number of carboxylic acids is 1. The molecule has 3 aromatic rings. The molecule has 0 amide bonds. The molecule has 0 atom stereocenters. The molecule has 3 rings (SSSR count). The third-order valence-electron chi connectivity index (χ3n) is 3.62. The van der Waals surface area contributed by atoms with Crippen LogP contribution in [0.15, 0.2) is 48.5 Å². The summed E-state index contributed by atoms with van der Waals surface area (Å²) in [4.78, 5) is 11.5. The second kappa shape index (κ2) is 5.92. The summed E-state index contributed by atoms with van der Waals surface area (Å²) in [5, 5.41) is 17.2. The molecule has 6 heteroatoms. The Hall–Kier alpha value is -3.15. The van der Waals surface area contributed by atoms with Gasteiger partial charge in [0.25, 0.3) is 0 Å². The van der Waals surface area contributed by atoms with E-state index in [9.17, 15) is 9.90 Å². The average molecular weight is 308 g/mol. The fourth-order valence-corrected chi connectivity index (χ4v) is 2.42. The summed E-state index contributed by atoms with van der Waals surface area (Å²) < 4.78 is 1.53. The van der Waals surface area contributed by atoms with E-state index in [1.165, 1.54) is 10.2 Å². The van der Waals surface area contributed by atoms with Gasteiger partial charge in [-0.2, -0.15) is 0 Å². The second-order valence-corrected chi connectivity index (χ2v) is 5.15. The Balaban J connectivity index is 2.19. The lowest BCUT2D eigenvalue weighted by molar-refractivity contribution is 0.0691. The van der Waals surface area contributed by atoms with Crippen molar-refractivity contribution in [3.63, 3.8) is 0 Å². The first-order valence-electron chi connectivity index (χ1n) is 7.24. The number of rotatable bonds is 4. The largest absolute Gasteiger partial charge is 0.476 e. The number of hydrogen-bond donors (Lipinski definition) is 2. The summed E-state index contributed by atoms with van der Waals surface area (Å²) in [5.41, 5.74) is 9.28. The molecule has 0 aliphatic heterocycles. The van der Waals surface area contributed by atoms with Crippen molar-refractivity contribution in [2.75, 3.05) is 5.73 Å². The maximum Gasteiger partial charge on any atom is 0.358 e. The molecule has 0 fully saturated rings. The number of carbonyl (C=O) groups is 1. The van der Waals surface area contributed by atoms with Crippen LogP contribution in [0.1, 0.15) is 23.0 Å². The van der Waals surface area contributed by atoms with Gasteiger partial charge in [0.15, 0.2) is 5.69 Å². The number of anilines is 1. The zero-order valence-electron chi connectivity index (χ0n) is 12.6. The fraction of sp³-hybridized carbons (Fsp3) is 0.118. The molecule has 0 aliphatic carbocycles. The van der Waals surface area contributed by atoms with Gasteiger partial charge in [0.1, 0.15) is 5.69 Å². The first-order valence-corrected chi connectivity index (χ1v) is 7.24.